The van der Waals surface area contributed by atoms with E-state index < -0.39 is 0 Å². The van der Waals surface area contributed by atoms with E-state index >= 15 is 0 Å². The number of benzene rings is 2. The van der Waals surface area contributed by atoms with Gasteiger partial charge in [-0.25, -0.2) is 9.36 Å². The van der Waals surface area contributed by atoms with Crippen LogP contribution in [0.4, 0.5) is 5.69 Å². The standard InChI is InChI=1S/C26H27N5O2/c1-18-15-22(29-16-19(2)33-20(3)17-29)9-10-23(18)30-14-12-25(32)26(28-30)24-11-13-27-31(24)21-7-5-4-6-8-21/h4-15,19-20H,16-17H2,1-3H3/t19-,20+. The molecule has 1 saturated heterocycles. The van der Waals surface area contributed by atoms with Crippen LogP contribution in [0.25, 0.3) is 22.8 Å². The lowest BCUT2D eigenvalue weighted by atomic mass is 10.1. The number of aromatic nitrogens is 4. The maximum atomic E-state index is 12.8. The lowest BCUT2D eigenvalue weighted by Crippen LogP contribution is -2.45. The van der Waals surface area contributed by atoms with E-state index in [-0.39, 0.29) is 17.6 Å². The van der Waals surface area contributed by atoms with Gasteiger partial charge in [-0.1, -0.05) is 18.2 Å². The molecule has 4 aromatic rings. The average molecular weight is 442 g/mol. The summed E-state index contributed by atoms with van der Waals surface area (Å²) in [5, 5.41) is 9.12. The van der Waals surface area contributed by atoms with E-state index in [1.807, 2.05) is 36.4 Å². The van der Waals surface area contributed by atoms with Gasteiger partial charge >= 0.3 is 0 Å². The highest BCUT2D eigenvalue weighted by Gasteiger charge is 2.23. The molecule has 5 rings (SSSR count). The van der Waals surface area contributed by atoms with Gasteiger partial charge < -0.3 is 9.64 Å². The summed E-state index contributed by atoms with van der Waals surface area (Å²) in [6, 6.07) is 19.5. The molecule has 1 aliphatic rings. The number of rotatable bonds is 4. The van der Waals surface area contributed by atoms with Crippen LogP contribution in [-0.4, -0.2) is 44.9 Å². The lowest BCUT2D eigenvalue weighted by Gasteiger charge is -2.37. The molecule has 2 aromatic heterocycles. The quantitative estimate of drug-likeness (QED) is 0.479. The summed E-state index contributed by atoms with van der Waals surface area (Å²) in [5.41, 5.74) is 4.93. The number of para-hydroxylation sites is 1. The van der Waals surface area contributed by atoms with E-state index in [4.69, 9.17) is 9.84 Å². The van der Waals surface area contributed by atoms with Gasteiger partial charge in [0.1, 0.15) is 0 Å². The van der Waals surface area contributed by atoms with Gasteiger partial charge in [-0.3, -0.25) is 4.79 Å². The number of hydrogen-bond acceptors (Lipinski definition) is 5. The number of nitrogens with zero attached hydrogens (tertiary/aromatic N) is 5. The molecular weight excluding hydrogens is 414 g/mol. The van der Waals surface area contributed by atoms with Gasteiger partial charge in [0.15, 0.2) is 5.69 Å². The number of anilines is 1. The average Bonchev–Trinajstić information content (AvgIpc) is 3.29. The van der Waals surface area contributed by atoms with Crippen molar-refractivity contribution in [2.45, 2.75) is 33.0 Å². The normalized spacial score (nSPS) is 18.5. The molecular formula is C26H27N5O2. The Bertz CT molecular complexity index is 1320. The van der Waals surface area contributed by atoms with Gasteiger partial charge in [-0.05, 0) is 62.7 Å². The molecule has 0 aliphatic carbocycles. The summed E-state index contributed by atoms with van der Waals surface area (Å²) >= 11 is 0. The summed E-state index contributed by atoms with van der Waals surface area (Å²) in [7, 11) is 0. The zero-order chi connectivity index (χ0) is 22.9. The van der Waals surface area contributed by atoms with Crippen molar-refractivity contribution in [2.24, 2.45) is 0 Å². The van der Waals surface area contributed by atoms with Gasteiger partial charge in [-0.2, -0.15) is 10.2 Å². The maximum Gasteiger partial charge on any atom is 0.209 e. The fourth-order valence-electron chi connectivity index (χ4n) is 4.46. The first-order valence-corrected chi connectivity index (χ1v) is 11.2. The summed E-state index contributed by atoms with van der Waals surface area (Å²) in [5.74, 6) is 0. The Morgan fingerprint density at radius 1 is 0.939 bits per heavy atom. The molecule has 2 aromatic carbocycles. The highest BCUT2D eigenvalue weighted by molar-refractivity contribution is 5.59. The van der Waals surface area contributed by atoms with Crippen LogP contribution in [0, 0.1) is 6.92 Å². The van der Waals surface area contributed by atoms with Crippen molar-refractivity contribution in [2.75, 3.05) is 18.0 Å². The molecule has 33 heavy (non-hydrogen) atoms. The van der Waals surface area contributed by atoms with Crippen molar-refractivity contribution in [3.8, 4) is 22.8 Å². The smallest absolute Gasteiger partial charge is 0.209 e. The molecule has 2 atom stereocenters. The molecule has 7 heteroatoms. The molecule has 0 unspecified atom stereocenters. The summed E-state index contributed by atoms with van der Waals surface area (Å²) < 4.78 is 9.38. The third-order valence-electron chi connectivity index (χ3n) is 5.91. The molecule has 0 bridgehead atoms. The Hall–Kier alpha value is -3.71. The Balaban J connectivity index is 1.51. The van der Waals surface area contributed by atoms with Gasteiger partial charge in [-0.15, -0.1) is 0 Å². The van der Waals surface area contributed by atoms with Crippen LogP contribution in [0.1, 0.15) is 19.4 Å². The molecule has 1 aliphatic heterocycles. The number of aryl methyl sites for hydroxylation is 1. The van der Waals surface area contributed by atoms with Crippen molar-refractivity contribution in [3.05, 3.63) is 88.8 Å². The first kappa shape index (κ1) is 21.2. The predicted molar refractivity (Wildman–Crippen MR) is 129 cm³/mol. The Morgan fingerprint density at radius 2 is 1.70 bits per heavy atom. The molecule has 0 saturated carbocycles. The highest BCUT2D eigenvalue weighted by Crippen LogP contribution is 2.25. The molecule has 168 valence electrons. The minimum absolute atomic E-state index is 0.144. The second-order valence-corrected chi connectivity index (χ2v) is 8.57. The van der Waals surface area contributed by atoms with E-state index in [9.17, 15) is 4.79 Å². The highest BCUT2D eigenvalue weighted by atomic mass is 16.5. The second kappa shape index (κ2) is 8.67. The molecule has 7 nitrogen and oxygen atoms in total. The third-order valence-corrected chi connectivity index (χ3v) is 5.91. The van der Waals surface area contributed by atoms with Crippen molar-refractivity contribution < 1.29 is 4.74 Å². The van der Waals surface area contributed by atoms with Crippen LogP contribution in [0.5, 0.6) is 0 Å². The zero-order valence-corrected chi connectivity index (χ0v) is 19.0. The van der Waals surface area contributed by atoms with Crippen LogP contribution < -0.4 is 10.3 Å². The van der Waals surface area contributed by atoms with E-state index in [0.717, 1.165) is 30.0 Å². The number of hydrogen-bond donors (Lipinski definition) is 0. The van der Waals surface area contributed by atoms with Crippen molar-refractivity contribution in [1.29, 1.82) is 0 Å². The molecule has 0 radical (unpaired) electrons. The van der Waals surface area contributed by atoms with Crippen molar-refractivity contribution in [1.82, 2.24) is 19.6 Å². The fraction of sp³-hybridized carbons (Fsp3) is 0.269. The van der Waals surface area contributed by atoms with Crippen molar-refractivity contribution >= 4 is 5.69 Å². The Kier molecular flexibility index (Phi) is 5.56. The summed E-state index contributed by atoms with van der Waals surface area (Å²) in [6.45, 7) is 8.02. The molecule has 0 amide bonds. The predicted octanol–water partition coefficient (Wildman–Crippen LogP) is 4.01. The van der Waals surface area contributed by atoms with E-state index in [1.165, 1.54) is 5.69 Å². The molecule has 3 heterocycles. The fourth-order valence-corrected chi connectivity index (χ4v) is 4.46. The van der Waals surface area contributed by atoms with Gasteiger partial charge in [0.2, 0.25) is 5.43 Å². The second-order valence-electron chi connectivity index (χ2n) is 8.57. The summed E-state index contributed by atoms with van der Waals surface area (Å²) in [4.78, 5) is 15.1. The molecule has 0 N–H and O–H groups in total. The minimum Gasteiger partial charge on any atom is -0.372 e. The van der Waals surface area contributed by atoms with Crippen LogP contribution >= 0.6 is 0 Å². The van der Waals surface area contributed by atoms with Crippen LogP contribution in [-0.2, 0) is 4.74 Å². The van der Waals surface area contributed by atoms with Gasteiger partial charge in [0, 0.05) is 31.0 Å². The first-order chi connectivity index (χ1) is 16.0. The maximum absolute atomic E-state index is 12.8. The van der Waals surface area contributed by atoms with E-state index in [2.05, 4.69) is 49.0 Å². The Labute approximate surface area is 192 Å². The molecule has 0 spiro atoms. The van der Waals surface area contributed by atoms with Crippen molar-refractivity contribution in [3.63, 3.8) is 0 Å². The Morgan fingerprint density at radius 3 is 2.42 bits per heavy atom. The third kappa shape index (κ3) is 4.19. The largest absolute Gasteiger partial charge is 0.372 e. The molecule has 1 fully saturated rings. The number of morpholine rings is 1. The minimum atomic E-state index is -0.144. The van der Waals surface area contributed by atoms with Crippen LogP contribution in [0.15, 0.2) is 77.9 Å². The van der Waals surface area contributed by atoms with E-state index in [0.29, 0.717) is 11.4 Å². The van der Waals surface area contributed by atoms with Crippen LogP contribution in [0.2, 0.25) is 0 Å². The van der Waals surface area contributed by atoms with Gasteiger partial charge in [0.05, 0.1) is 35.5 Å². The zero-order valence-electron chi connectivity index (χ0n) is 19.0. The topological polar surface area (TPSA) is 65.2 Å². The van der Waals surface area contributed by atoms with Gasteiger partial charge in [0.25, 0.3) is 0 Å². The van der Waals surface area contributed by atoms with Crippen LogP contribution in [0.3, 0.4) is 0 Å². The number of ether oxygens (including phenoxy) is 1. The first-order valence-electron chi connectivity index (χ1n) is 11.2. The SMILES string of the molecule is Cc1cc(N2C[C@@H](C)O[C@@H](C)C2)ccc1-n1ccc(=O)c(-c2ccnn2-c2ccccc2)n1. The monoisotopic (exact) mass is 441 g/mol. The lowest BCUT2D eigenvalue weighted by molar-refractivity contribution is -0.00522. The van der Waals surface area contributed by atoms with E-state index in [1.54, 1.807) is 27.8 Å². The summed E-state index contributed by atoms with van der Waals surface area (Å²) in [6.07, 6.45) is 3.80.